The van der Waals surface area contributed by atoms with Crippen LogP contribution in [0.2, 0.25) is 0 Å². The number of nitrogens with zero attached hydrogens (tertiary/aromatic N) is 3. The van der Waals surface area contributed by atoms with Gasteiger partial charge in [0.05, 0.1) is 36.1 Å². The Bertz CT molecular complexity index is 893. The smallest absolute Gasteiger partial charge is 0.254 e. The molecule has 1 aliphatic rings. The number of methoxy groups -OCH3 is 1. The number of aryl methyl sites for hydroxylation is 1. The second kappa shape index (κ2) is 6.51. The number of amides is 1. The predicted octanol–water partition coefficient (Wildman–Crippen LogP) is 2.42. The Labute approximate surface area is 160 Å². The van der Waals surface area contributed by atoms with Crippen molar-refractivity contribution in [2.45, 2.75) is 39.5 Å². The van der Waals surface area contributed by atoms with Gasteiger partial charge in [0.15, 0.2) is 0 Å². The van der Waals surface area contributed by atoms with Gasteiger partial charge < -0.3 is 20.5 Å². The molecule has 1 aromatic heterocycles. The van der Waals surface area contributed by atoms with Crippen LogP contribution in [0.5, 0.6) is 5.75 Å². The summed E-state index contributed by atoms with van der Waals surface area (Å²) in [6.07, 6.45) is 0. The summed E-state index contributed by atoms with van der Waals surface area (Å²) in [4.78, 5) is 22.7. The lowest BCUT2D eigenvalue weighted by atomic mass is 10.0. The minimum atomic E-state index is -1.45. The van der Waals surface area contributed by atoms with E-state index in [0.717, 1.165) is 21.2 Å². The molecular formula is C18H21BrN4O3. The lowest BCUT2D eigenvalue weighted by molar-refractivity contribution is -0.148. The Kier molecular flexibility index (Phi) is 4.66. The number of ether oxygens (including phenoxy) is 1. The zero-order chi connectivity index (χ0) is 19.2. The number of carbonyl (C=O) groups excluding carboxylic acids is 1. The minimum absolute atomic E-state index is 0.151. The standard InChI is InChI=1S/C18H21BrN4O3/c1-9-5-12(19)14(26-4)6-10(9)15-11-7-23(16(24)18(2,3)25)8-13(11)21-17(20)22-15/h5-6,25H,7-8H2,1-4H3,(H2,20,21,22). The molecule has 0 atom stereocenters. The number of halogens is 1. The number of nitrogens with two attached hydrogens (primary N) is 1. The van der Waals surface area contributed by atoms with Crippen LogP contribution in [0.15, 0.2) is 16.6 Å². The lowest BCUT2D eigenvalue weighted by Crippen LogP contribution is -2.42. The minimum Gasteiger partial charge on any atom is -0.496 e. The third kappa shape index (κ3) is 3.26. The Morgan fingerprint density at radius 1 is 1.35 bits per heavy atom. The third-order valence-electron chi connectivity index (χ3n) is 4.36. The second-order valence-electron chi connectivity index (χ2n) is 6.88. The van der Waals surface area contributed by atoms with E-state index in [9.17, 15) is 9.90 Å². The highest BCUT2D eigenvalue weighted by Crippen LogP contribution is 2.37. The van der Waals surface area contributed by atoms with Crippen molar-refractivity contribution in [3.63, 3.8) is 0 Å². The van der Waals surface area contributed by atoms with Crippen LogP contribution in [-0.4, -0.2) is 38.6 Å². The second-order valence-corrected chi connectivity index (χ2v) is 7.73. The summed E-state index contributed by atoms with van der Waals surface area (Å²) in [6.45, 7) is 5.54. The zero-order valence-corrected chi connectivity index (χ0v) is 16.7. The molecule has 0 unspecified atom stereocenters. The molecule has 8 heteroatoms. The maximum absolute atomic E-state index is 12.5. The Hall–Kier alpha value is -2.19. The van der Waals surface area contributed by atoms with Crippen LogP contribution in [0.1, 0.15) is 30.7 Å². The van der Waals surface area contributed by atoms with Crippen molar-refractivity contribution in [1.29, 1.82) is 0 Å². The SMILES string of the molecule is COc1cc(-c2nc(N)nc3c2CN(C(=O)C(C)(C)O)C3)c(C)cc1Br. The molecule has 1 aromatic carbocycles. The van der Waals surface area contributed by atoms with Crippen molar-refractivity contribution in [1.82, 2.24) is 14.9 Å². The molecule has 0 aliphatic carbocycles. The molecule has 0 spiro atoms. The van der Waals surface area contributed by atoms with E-state index in [1.165, 1.54) is 13.8 Å². The summed E-state index contributed by atoms with van der Waals surface area (Å²) in [5.74, 6) is 0.474. The van der Waals surface area contributed by atoms with Gasteiger partial charge in [0.1, 0.15) is 11.4 Å². The molecule has 0 radical (unpaired) electrons. The van der Waals surface area contributed by atoms with Gasteiger partial charge in [-0.05, 0) is 54.4 Å². The number of fused-ring (bicyclic) bond motifs is 1. The monoisotopic (exact) mass is 420 g/mol. The molecular weight excluding hydrogens is 400 g/mol. The largest absolute Gasteiger partial charge is 0.496 e. The van der Waals surface area contributed by atoms with E-state index in [1.54, 1.807) is 12.0 Å². The fourth-order valence-electron chi connectivity index (χ4n) is 3.09. The quantitative estimate of drug-likeness (QED) is 0.790. The van der Waals surface area contributed by atoms with Gasteiger partial charge in [0, 0.05) is 11.1 Å². The van der Waals surface area contributed by atoms with Crippen LogP contribution in [0.25, 0.3) is 11.3 Å². The maximum atomic E-state index is 12.5. The van der Waals surface area contributed by atoms with E-state index >= 15 is 0 Å². The van der Waals surface area contributed by atoms with Crippen LogP contribution >= 0.6 is 15.9 Å². The van der Waals surface area contributed by atoms with Crippen molar-refractivity contribution >= 4 is 27.8 Å². The van der Waals surface area contributed by atoms with Crippen LogP contribution in [-0.2, 0) is 17.9 Å². The topological polar surface area (TPSA) is 102 Å². The molecule has 2 aromatic rings. The van der Waals surface area contributed by atoms with E-state index in [0.29, 0.717) is 30.2 Å². The molecule has 26 heavy (non-hydrogen) atoms. The summed E-state index contributed by atoms with van der Waals surface area (Å²) < 4.78 is 6.24. The first-order valence-electron chi connectivity index (χ1n) is 8.13. The fraction of sp³-hybridized carbons (Fsp3) is 0.389. The molecule has 0 fully saturated rings. The molecule has 2 heterocycles. The van der Waals surface area contributed by atoms with Crippen LogP contribution in [0.3, 0.4) is 0 Å². The number of nitrogen functional groups attached to an aromatic ring is 1. The van der Waals surface area contributed by atoms with E-state index in [2.05, 4.69) is 25.9 Å². The Balaban J connectivity index is 2.10. The van der Waals surface area contributed by atoms with Crippen molar-refractivity contribution in [3.05, 3.63) is 33.4 Å². The summed E-state index contributed by atoms with van der Waals surface area (Å²) >= 11 is 3.48. The van der Waals surface area contributed by atoms with Gasteiger partial charge in [0.2, 0.25) is 5.95 Å². The molecule has 1 amide bonds. The number of aromatic nitrogens is 2. The van der Waals surface area contributed by atoms with Crippen molar-refractivity contribution in [3.8, 4) is 17.0 Å². The number of aliphatic hydroxyl groups is 1. The Morgan fingerprint density at radius 2 is 2.04 bits per heavy atom. The average molecular weight is 421 g/mol. The van der Waals surface area contributed by atoms with Gasteiger partial charge in [0.25, 0.3) is 5.91 Å². The van der Waals surface area contributed by atoms with Gasteiger partial charge >= 0.3 is 0 Å². The van der Waals surface area contributed by atoms with E-state index < -0.39 is 5.60 Å². The highest BCUT2D eigenvalue weighted by molar-refractivity contribution is 9.10. The third-order valence-corrected chi connectivity index (χ3v) is 4.98. The highest BCUT2D eigenvalue weighted by Gasteiger charge is 2.35. The van der Waals surface area contributed by atoms with Gasteiger partial charge in [-0.25, -0.2) is 9.97 Å². The van der Waals surface area contributed by atoms with Crippen LogP contribution in [0.4, 0.5) is 5.95 Å². The predicted molar refractivity (Wildman–Crippen MR) is 101 cm³/mol. The molecule has 7 nitrogen and oxygen atoms in total. The van der Waals surface area contributed by atoms with Crippen LogP contribution < -0.4 is 10.5 Å². The van der Waals surface area contributed by atoms with E-state index in [4.69, 9.17) is 10.5 Å². The number of hydrogen-bond donors (Lipinski definition) is 2. The first-order chi connectivity index (χ1) is 12.1. The normalized spacial score (nSPS) is 13.7. The number of anilines is 1. The number of rotatable bonds is 3. The zero-order valence-electron chi connectivity index (χ0n) is 15.1. The molecule has 3 rings (SSSR count). The van der Waals surface area contributed by atoms with E-state index in [1.807, 2.05) is 19.1 Å². The first-order valence-corrected chi connectivity index (χ1v) is 8.92. The molecule has 138 valence electrons. The van der Waals surface area contributed by atoms with Crippen LogP contribution in [0, 0.1) is 6.92 Å². The fourth-order valence-corrected chi connectivity index (χ4v) is 3.71. The molecule has 0 saturated heterocycles. The number of benzene rings is 1. The summed E-state index contributed by atoms with van der Waals surface area (Å²) in [6, 6.07) is 3.84. The van der Waals surface area contributed by atoms with Gasteiger partial charge in [-0.2, -0.15) is 0 Å². The van der Waals surface area contributed by atoms with Crippen molar-refractivity contribution in [2.75, 3.05) is 12.8 Å². The molecule has 0 bridgehead atoms. The van der Waals surface area contributed by atoms with Crippen molar-refractivity contribution in [2.24, 2.45) is 0 Å². The van der Waals surface area contributed by atoms with Gasteiger partial charge in [-0.1, -0.05) is 0 Å². The van der Waals surface area contributed by atoms with E-state index in [-0.39, 0.29) is 11.9 Å². The maximum Gasteiger partial charge on any atom is 0.254 e. The number of carbonyl (C=O) groups is 1. The van der Waals surface area contributed by atoms with Crippen molar-refractivity contribution < 1.29 is 14.6 Å². The Morgan fingerprint density at radius 3 is 2.65 bits per heavy atom. The molecule has 1 aliphatic heterocycles. The number of hydrogen-bond acceptors (Lipinski definition) is 6. The molecule has 0 saturated carbocycles. The summed E-state index contributed by atoms with van der Waals surface area (Å²) in [7, 11) is 1.60. The average Bonchev–Trinajstić information content (AvgIpc) is 2.96. The van der Waals surface area contributed by atoms with Gasteiger partial charge in [-0.15, -0.1) is 0 Å². The summed E-state index contributed by atoms with van der Waals surface area (Å²) in [5, 5.41) is 10.0. The van der Waals surface area contributed by atoms with Gasteiger partial charge in [-0.3, -0.25) is 4.79 Å². The molecule has 3 N–H and O–H groups in total. The lowest BCUT2D eigenvalue weighted by Gasteiger charge is -2.24. The highest BCUT2D eigenvalue weighted by atomic mass is 79.9. The first kappa shape index (κ1) is 18.6. The summed E-state index contributed by atoms with van der Waals surface area (Å²) in [5.41, 5.74) is 8.54.